The van der Waals surface area contributed by atoms with E-state index in [9.17, 15) is 14.4 Å². The minimum absolute atomic E-state index is 0.0748. The zero-order valence-corrected chi connectivity index (χ0v) is 12.5. The number of nitrogens with one attached hydrogen (secondary N) is 1. The number of carbonyl (C=O) groups excluding carboxylic acids is 3. The van der Waals surface area contributed by atoms with Gasteiger partial charge >= 0.3 is 0 Å². The number of hydrogen-bond acceptors (Lipinski definition) is 3. The number of piperazine rings is 1. The molecule has 2 rings (SSSR count). The predicted molar refractivity (Wildman–Crippen MR) is 77.4 cm³/mol. The summed E-state index contributed by atoms with van der Waals surface area (Å²) in [6.07, 6.45) is 0.481. The number of rotatable bonds is 2. The Morgan fingerprint density at radius 3 is 2.84 bits per heavy atom. The summed E-state index contributed by atoms with van der Waals surface area (Å²) in [4.78, 5) is 36.9. The molecule has 1 heterocycles. The second kappa shape index (κ2) is 5.68. The fourth-order valence-electron chi connectivity index (χ4n) is 2.07. The number of carbonyl (C=O) groups is 3. The topological polar surface area (TPSA) is 66.5 Å². The SMILES string of the molecule is CCC1C(=O)NC(=O)CN1C(=O)c1cccc(I)c1. The van der Waals surface area contributed by atoms with Crippen LogP contribution < -0.4 is 5.32 Å². The second-order valence-corrected chi connectivity index (χ2v) is 5.53. The second-order valence-electron chi connectivity index (χ2n) is 4.28. The average molecular weight is 372 g/mol. The molecule has 0 bridgehead atoms. The van der Waals surface area contributed by atoms with Gasteiger partial charge in [-0.25, -0.2) is 0 Å². The molecule has 0 radical (unpaired) electrons. The smallest absolute Gasteiger partial charge is 0.255 e. The highest BCUT2D eigenvalue weighted by Crippen LogP contribution is 2.16. The van der Waals surface area contributed by atoms with Gasteiger partial charge in [-0.3, -0.25) is 19.7 Å². The van der Waals surface area contributed by atoms with E-state index in [0.717, 1.165) is 3.57 Å². The minimum Gasteiger partial charge on any atom is -0.317 e. The number of amides is 3. The lowest BCUT2D eigenvalue weighted by atomic mass is 10.1. The Bertz CT molecular complexity index is 544. The van der Waals surface area contributed by atoms with Gasteiger partial charge in [-0.2, -0.15) is 0 Å². The van der Waals surface area contributed by atoms with Gasteiger partial charge in [-0.15, -0.1) is 0 Å². The first-order chi connectivity index (χ1) is 9.02. The van der Waals surface area contributed by atoms with Crippen molar-refractivity contribution in [2.45, 2.75) is 19.4 Å². The fraction of sp³-hybridized carbons (Fsp3) is 0.308. The molecule has 6 heteroatoms. The molecular formula is C13H13IN2O3. The van der Waals surface area contributed by atoms with E-state index < -0.39 is 17.9 Å². The molecule has 5 nitrogen and oxygen atoms in total. The molecule has 1 N–H and O–H groups in total. The molecule has 0 spiro atoms. The van der Waals surface area contributed by atoms with Crippen molar-refractivity contribution in [1.82, 2.24) is 10.2 Å². The monoisotopic (exact) mass is 372 g/mol. The lowest BCUT2D eigenvalue weighted by Gasteiger charge is -2.33. The first kappa shape index (κ1) is 14.0. The average Bonchev–Trinajstić information content (AvgIpc) is 2.37. The Morgan fingerprint density at radius 2 is 2.21 bits per heavy atom. The van der Waals surface area contributed by atoms with Crippen LogP contribution in [-0.4, -0.2) is 35.2 Å². The maximum atomic E-state index is 12.4. The fourth-order valence-corrected chi connectivity index (χ4v) is 2.62. The van der Waals surface area contributed by atoms with Gasteiger partial charge in [0, 0.05) is 9.13 Å². The Labute approximate surface area is 124 Å². The normalized spacial score (nSPS) is 19.3. The summed E-state index contributed by atoms with van der Waals surface area (Å²) < 4.78 is 0.935. The molecule has 1 aliphatic rings. The largest absolute Gasteiger partial charge is 0.317 e. The van der Waals surface area contributed by atoms with Crippen LogP contribution in [0, 0.1) is 3.57 Å². The van der Waals surface area contributed by atoms with Crippen LogP contribution in [0.1, 0.15) is 23.7 Å². The van der Waals surface area contributed by atoms with E-state index in [1.165, 1.54) is 4.90 Å². The molecule has 0 aromatic heterocycles. The Balaban J connectivity index is 2.30. The van der Waals surface area contributed by atoms with Crippen LogP contribution in [-0.2, 0) is 9.59 Å². The van der Waals surface area contributed by atoms with Gasteiger partial charge < -0.3 is 4.90 Å². The Hall–Kier alpha value is -1.44. The van der Waals surface area contributed by atoms with E-state index in [1.807, 2.05) is 13.0 Å². The van der Waals surface area contributed by atoms with Gasteiger partial charge in [0.05, 0.1) is 0 Å². The number of imide groups is 1. The minimum atomic E-state index is -0.580. The van der Waals surface area contributed by atoms with Crippen molar-refractivity contribution in [1.29, 1.82) is 0 Å². The van der Waals surface area contributed by atoms with E-state index in [0.29, 0.717) is 12.0 Å². The predicted octanol–water partition coefficient (Wildman–Crippen LogP) is 1.17. The molecule has 100 valence electrons. The molecule has 0 saturated carbocycles. The van der Waals surface area contributed by atoms with Gasteiger partial charge in [0.2, 0.25) is 11.8 Å². The van der Waals surface area contributed by atoms with Gasteiger partial charge in [0.25, 0.3) is 5.91 Å². The van der Waals surface area contributed by atoms with Crippen molar-refractivity contribution in [3.8, 4) is 0 Å². The highest BCUT2D eigenvalue weighted by atomic mass is 127. The summed E-state index contributed by atoms with van der Waals surface area (Å²) in [5, 5.41) is 2.25. The highest BCUT2D eigenvalue weighted by Gasteiger charge is 2.35. The molecular weight excluding hydrogens is 359 g/mol. The number of benzene rings is 1. The van der Waals surface area contributed by atoms with Crippen molar-refractivity contribution in [2.24, 2.45) is 0 Å². The highest BCUT2D eigenvalue weighted by molar-refractivity contribution is 14.1. The van der Waals surface area contributed by atoms with E-state index in [-0.39, 0.29) is 12.5 Å². The first-order valence-corrected chi connectivity index (χ1v) is 7.01. The zero-order valence-electron chi connectivity index (χ0n) is 10.4. The van der Waals surface area contributed by atoms with Gasteiger partial charge in [-0.1, -0.05) is 13.0 Å². The van der Waals surface area contributed by atoms with Crippen molar-refractivity contribution >= 4 is 40.3 Å². The summed E-state index contributed by atoms with van der Waals surface area (Å²) >= 11 is 2.12. The lowest BCUT2D eigenvalue weighted by Crippen LogP contribution is -2.59. The molecule has 1 unspecified atom stereocenters. The van der Waals surface area contributed by atoms with Crippen LogP contribution in [0.25, 0.3) is 0 Å². The number of halogens is 1. The standard InChI is InChI=1S/C13H13IN2O3/c1-2-10-12(18)15-11(17)7-16(10)13(19)8-4-3-5-9(14)6-8/h3-6,10H,2,7H2,1H3,(H,15,17,18). The summed E-state index contributed by atoms with van der Waals surface area (Å²) in [5.41, 5.74) is 0.493. The van der Waals surface area contributed by atoms with Crippen molar-refractivity contribution in [3.63, 3.8) is 0 Å². The summed E-state index contributed by atoms with van der Waals surface area (Å²) in [6, 6.07) is 6.51. The van der Waals surface area contributed by atoms with Crippen LogP contribution in [0.5, 0.6) is 0 Å². The van der Waals surface area contributed by atoms with Crippen molar-refractivity contribution in [2.75, 3.05) is 6.54 Å². The number of hydrogen-bond donors (Lipinski definition) is 1. The molecule has 3 amide bonds. The molecule has 1 aromatic rings. The third-order valence-corrected chi connectivity index (χ3v) is 3.65. The van der Waals surface area contributed by atoms with Gasteiger partial charge in [0.1, 0.15) is 12.6 Å². The first-order valence-electron chi connectivity index (χ1n) is 5.93. The van der Waals surface area contributed by atoms with E-state index >= 15 is 0 Å². The molecule has 19 heavy (non-hydrogen) atoms. The van der Waals surface area contributed by atoms with Crippen LogP contribution in [0.4, 0.5) is 0 Å². The van der Waals surface area contributed by atoms with Gasteiger partial charge in [-0.05, 0) is 47.2 Å². The lowest BCUT2D eigenvalue weighted by molar-refractivity contribution is -0.138. The summed E-state index contributed by atoms with van der Waals surface area (Å²) in [6.45, 7) is 1.74. The van der Waals surface area contributed by atoms with Gasteiger partial charge in [0.15, 0.2) is 0 Å². The Kier molecular flexibility index (Phi) is 4.18. The zero-order chi connectivity index (χ0) is 14.0. The van der Waals surface area contributed by atoms with E-state index in [2.05, 4.69) is 27.9 Å². The summed E-state index contributed by atoms with van der Waals surface area (Å²) in [5.74, 6) is -1.13. The number of nitrogens with zero attached hydrogens (tertiary/aromatic N) is 1. The molecule has 1 fully saturated rings. The Morgan fingerprint density at radius 1 is 1.47 bits per heavy atom. The molecule has 1 aliphatic heterocycles. The molecule has 0 aliphatic carbocycles. The van der Waals surface area contributed by atoms with E-state index in [1.54, 1.807) is 18.2 Å². The van der Waals surface area contributed by atoms with Crippen molar-refractivity contribution in [3.05, 3.63) is 33.4 Å². The maximum absolute atomic E-state index is 12.4. The molecule has 1 atom stereocenters. The third kappa shape index (κ3) is 2.94. The maximum Gasteiger partial charge on any atom is 0.255 e. The van der Waals surface area contributed by atoms with E-state index in [4.69, 9.17) is 0 Å². The van der Waals surface area contributed by atoms with Crippen LogP contribution in [0.2, 0.25) is 0 Å². The van der Waals surface area contributed by atoms with Crippen LogP contribution in [0.15, 0.2) is 24.3 Å². The van der Waals surface area contributed by atoms with Crippen molar-refractivity contribution < 1.29 is 14.4 Å². The third-order valence-electron chi connectivity index (χ3n) is 2.97. The molecule has 1 saturated heterocycles. The molecule has 1 aromatic carbocycles. The van der Waals surface area contributed by atoms with Crippen LogP contribution in [0.3, 0.4) is 0 Å². The summed E-state index contributed by atoms with van der Waals surface area (Å²) in [7, 11) is 0. The van der Waals surface area contributed by atoms with Crippen LogP contribution >= 0.6 is 22.6 Å². The quantitative estimate of drug-likeness (QED) is 0.626.